The summed E-state index contributed by atoms with van der Waals surface area (Å²) in [7, 11) is -3.39. The molecular weight excluding hydrogens is 312 g/mol. The van der Waals surface area contributed by atoms with Crippen LogP contribution in [0.2, 0.25) is 0 Å². The molecule has 6 nitrogen and oxygen atoms in total. The molecule has 1 aromatic heterocycles. The van der Waals surface area contributed by atoms with Crippen molar-refractivity contribution in [3.05, 3.63) is 47.0 Å². The molecule has 23 heavy (non-hydrogen) atoms. The molecule has 0 amide bonds. The molecule has 122 valence electrons. The van der Waals surface area contributed by atoms with Crippen molar-refractivity contribution in [3.63, 3.8) is 0 Å². The van der Waals surface area contributed by atoms with E-state index in [1.807, 2.05) is 35.9 Å². The number of nitrogens with one attached hydrogen (secondary N) is 1. The van der Waals surface area contributed by atoms with Crippen LogP contribution in [0.4, 0.5) is 0 Å². The molecule has 2 heterocycles. The molecule has 1 aliphatic carbocycles. The zero-order valence-electron chi connectivity index (χ0n) is 13.1. The lowest BCUT2D eigenvalue weighted by Crippen LogP contribution is -2.39. The van der Waals surface area contributed by atoms with Gasteiger partial charge in [0.15, 0.2) is 0 Å². The molecule has 1 unspecified atom stereocenters. The smallest absolute Gasteiger partial charge is 0.215 e. The maximum Gasteiger partial charge on any atom is 0.215 e. The van der Waals surface area contributed by atoms with Gasteiger partial charge < -0.3 is 0 Å². The van der Waals surface area contributed by atoms with Gasteiger partial charge in [0, 0.05) is 6.54 Å². The average Bonchev–Trinajstić information content (AvgIpc) is 3.10. The predicted molar refractivity (Wildman–Crippen MR) is 86.4 cm³/mol. The SMILES string of the molecule is Cc1nc2n(n1)CCCC2NS(=O)(=O)C1Cc2ccccc2C1. The molecule has 0 saturated heterocycles. The molecule has 0 bridgehead atoms. The van der Waals surface area contributed by atoms with Crippen LogP contribution in [-0.4, -0.2) is 28.4 Å². The second-order valence-electron chi connectivity index (χ2n) is 6.40. The summed E-state index contributed by atoms with van der Waals surface area (Å²) in [6.07, 6.45) is 2.86. The van der Waals surface area contributed by atoms with Gasteiger partial charge in [-0.25, -0.2) is 22.8 Å². The van der Waals surface area contributed by atoms with E-state index in [1.54, 1.807) is 0 Å². The maximum atomic E-state index is 12.8. The molecule has 1 N–H and O–H groups in total. The van der Waals surface area contributed by atoms with Gasteiger partial charge in [0.2, 0.25) is 10.0 Å². The summed E-state index contributed by atoms with van der Waals surface area (Å²) < 4.78 is 30.4. The van der Waals surface area contributed by atoms with E-state index in [4.69, 9.17) is 0 Å². The summed E-state index contributed by atoms with van der Waals surface area (Å²) in [5, 5.41) is 3.94. The van der Waals surface area contributed by atoms with Crippen LogP contribution in [0.5, 0.6) is 0 Å². The molecule has 2 aliphatic rings. The summed E-state index contributed by atoms with van der Waals surface area (Å²) in [4.78, 5) is 4.41. The summed E-state index contributed by atoms with van der Waals surface area (Å²) in [5.74, 6) is 1.44. The van der Waals surface area contributed by atoms with Crippen molar-refractivity contribution in [2.45, 2.75) is 50.4 Å². The van der Waals surface area contributed by atoms with Crippen LogP contribution in [0, 0.1) is 6.92 Å². The van der Waals surface area contributed by atoms with Gasteiger partial charge in [0.05, 0.1) is 11.3 Å². The summed E-state index contributed by atoms with van der Waals surface area (Å²) in [6.45, 7) is 2.65. The van der Waals surface area contributed by atoms with E-state index in [9.17, 15) is 8.42 Å². The lowest BCUT2D eigenvalue weighted by molar-refractivity contribution is 0.398. The van der Waals surface area contributed by atoms with Gasteiger partial charge in [-0.3, -0.25) is 0 Å². The number of rotatable bonds is 3. The highest BCUT2D eigenvalue weighted by Gasteiger charge is 2.35. The van der Waals surface area contributed by atoms with Crippen molar-refractivity contribution in [1.82, 2.24) is 19.5 Å². The second-order valence-corrected chi connectivity index (χ2v) is 8.39. The number of sulfonamides is 1. The number of aromatic nitrogens is 3. The van der Waals surface area contributed by atoms with E-state index in [1.165, 1.54) is 0 Å². The number of benzene rings is 1. The topological polar surface area (TPSA) is 76.9 Å². The van der Waals surface area contributed by atoms with Crippen molar-refractivity contribution in [3.8, 4) is 0 Å². The molecule has 7 heteroatoms. The third kappa shape index (κ3) is 2.68. The number of hydrogen-bond donors (Lipinski definition) is 1. The Morgan fingerprint density at radius 2 is 1.91 bits per heavy atom. The Bertz CT molecular complexity index is 819. The zero-order valence-corrected chi connectivity index (χ0v) is 13.9. The van der Waals surface area contributed by atoms with Crippen molar-refractivity contribution < 1.29 is 8.42 Å². The highest BCUT2D eigenvalue weighted by molar-refractivity contribution is 7.90. The Labute approximate surface area is 136 Å². The predicted octanol–water partition coefficient (Wildman–Crippen LogP) is 1.51. The molecular formula is C16H20N4O2S. The fraction of sp³-hybridized carbons (Fsp3) is 0.500. The van der Waals surface area contributed by atoms with Gasteiger partial charge in [-0.2, -0.15) is 5.10 Å². The number of nitrogens with zero attached hydrogens (tertiary/aromatic N) is 3. The molecule has 0 saturated carbocycles. The van der Waals surface area contributed by atoms with Crippen molar-refractivity contribution in [2.75, 3.05) is 0 Å². The first-order valence-electron chi connectivity index (χ1n) is 8.02. The number of fused-ring (bicyclic) bond motifs is 2. The van der Waals surface area contributed by atoms with Crippen molar-refractivity contribution >= 4 is 10.0 Å². The van der Waals surface area contributed by atoms with E-state index in [0.29, 0.717) is 18.7 Å². The van der Waals surface area contributed by atoms with Crippen LogP contribution in [0.1, 0.15) is 41.7 Å². The zero-order chi connectivity index (χ0) is 16.0. The third-order valence-corrected chi connectivity index (χ3v) is 6.56. The third-order valence-electron chi connectivity index (χ3n) is 4.74. The molecule has 1 aliphatic heterocycles. The molecule has 0 radical (unpaired) electrons. The second kappa shape index (κ2) is 5.42. The molecule has 1 aromatic carbocycles. The number of aryl methyl sites for hydroxylation is 2. The first kappa shape index (κ1) is 14.8. The minimum absolute atomic E-state index is 0.265. The minimum atomic E-state index is -3.39. The molecule has 2 aromatic rings. The Balaban J connectivity index is 1.55. The lowest BCUT2D eigenvalue weighted by Gasteiger charge is -2.24. The van der Waals surface area contributed by atoms with Gasteiger partial charge in [-0.05, 0) is 43.7 Å². The van der Waals surface area contributed by atoms with Gasteiger partial charge in [0.1, 0.15) is 11.6 Å². The van der Waals surface area contributed by atoms with Crippen molar-refractivity contribution in [1.29, 1.82) is 0 Å². The van der Waals surface area contributed by atoms with Crippen LogP contribution >= 0.6 is 0 Å². The first-order chi connectivity index (χ1) is 11.0. The van der Waals surface area contributed by atoms with E-state index < -0.39 is 10.0 Å². The van der Waals surface area contributed by atoms with Gasteiger partial charge >= 0.3 is 0 Å². The van der Waals surface area contributed by atoms with Crippen LogP contribution in [-0.2, 0) is 29.4 Å². The maximum absolute atomic E-state index is 12.8. The Kier molecular flexibility index (Phi) is 3.50. The largest absolute Gasteiger partial charge is 0.248 e. The summed E-state index contributed by atoms with van der Waals surface area (Å²) >= 11 is 0. The Hall–Kier alpha value is -1.73. The van der Waals surface area contributed by atoms with Crippen LogP contribution in [0.15, 0.2) is 24.3 Å². The normalized spacial score (nSPS) is 21.2. The fourth-order valence-electron chi connectivity index (χ4n) is 3.61. The highest BCUT2D eigenvalue weighted by atomic mass is 32.2. The number of hydrogen-bond acceptors (Lipinski definition) is 4. The van der Waals surface area contributed by atoms with E-state index in [-0.39, 0.29) is 11.3 Å². The fourth-order valence-corrected chi connectivity index (χ4v) is 5.22. The van der Waals surface area contributed by atoms with E-state index >= 15 is 0 Å². The molecule has 4 rings (SSSR count). The summed E-state index contributed by atoms with van der Waals surface area (Å²) in [6, 6.07) is 7.71. The Morgan fingerprint density at radius 3 is 2.61 bits per heavy atom. The summed E-state index contributed by atoms with van der Waals surface area (Å²) in [5.41, 5.74) is 2.29. The highest BCUT2D eigenvalue weighted by Crippen LogP contribution is 2.29. The monoisotopic (exact) mass is 332 g/mol. The Morgan fingerprint density at radius 1 is 1.22 bits per heavy atom. The molecule has 0 spiro atoms. The van der Waals surface area contributed by atoms with Crippen LogP contribution < -0.4 is 4.72 Å². The van der Waals surface area contributed by atoms with E-state index in [2.05, 4.69) is 14.8 Å². The van der Waals surface area contributed by atoms with Crippen LogP contribution in [0.25, 0.3) is 0 Å². The molecule has 0 fully saturated rings. The van der Waals surface area contributed by atoms with Crippen LogP contribution in [0.3, 0.4) is 0 Å². The lowest BCUT2D eigenvalue weighted by atomic mass is 10.1. The quantitative estimate of drug-likeness (QED) is 0.924. The first-order valence-corrected chi connectivity index (χ1v) is 9.57. The standard InChI is InChI=1S/C16H20N4O2S/c1-11-17-16-15(7-4-8-20(16)18-11)19-23(21,22)14-9-12-5-2-3-6-13(12)10-14/h2-3,5-6,14-15,19H,4,7-10H2,1H3. The van der Waals surface area contributed by atoms with Gasteiger partial charge in [0.25, 0.3) is 0 Å². The minimum Gasteiger partial charge on any atom is -0.248 e. The van der Waals surface area contributed by atoms with Crippen molar-refractivity contribution in [2.24, 2.45) is 0 Å². The average molecular weight is 332 g/mol. The van der Waals surface area contributed by atoms with E-state index in [0.717, 1.165) is 36.3 Å². The molecule has 1 atom stereocenters. The van der Waals surface area contributed by atoms with Gasteiger partial charge in [-0.15, -0.1) is 0 Å². The van der Waals surface area contributed by atoms with Gasteiger partial charge in [-0.1, -0.05) is 24.3 Å².